The topological polar surface area (TPSA) is 12.0 Å². The molecule has 0 bridgehead atoms. The zero-order valence-corrected chi connectivity index (χ0v) is 16.0. The predicted molar refractivity (Wildman–Crippen MR) is 125 cm³/mol. The van der Waals surface area contributed by atoms with E-state index >= 15 is 0 Å². The summed E-state index contributed by atoms with van der Waals surface area (Å²) in [7, 11) is 0. The van der Waals surface area contributed by atoms with Crippen LogP contribution in [0.3, 0.4) is 0 Å². The number of hydrogen-bond donors (Lipinski definition) is 1. The second kappa shape index (κ2) is 7.65. The maximum absolute atomic E-state index is 3.59. The first kappa shape index (κ1) is 17.3. The maximum Gasteiger partial charge on any atom is 0.0463 e. The Hall–Kier alpha value is -3.84. The van der Waals surface area contributed by atoms with Gasteiger partial charge in [0.05, 0.1) is 0 Å². The summed E-state index contributed by atoms with van der Waals surface area (Å²) in [5.41, 5.74) is 7.11. The molecule has 0 aliphatic heterocycles. The summed E-state index contributed by atoms with van der Waals surface area (Å²) in [6, 6.07) is 42.7. The summed E-state index contributed by atoms with van der Waals surface area (Å²) in [6.45, 7) is 0. The standard InChI is InChI=1S/C28H21N/c1-2-8-21(9-3-1)22-16-18-23(19-17-22)25-12-6-13-26(20-25)29-28-15-7-11-24-10-4-5-14-27(24)28/h1-20,29H. The lowest BCUT2D eigenvalue weighted by Gasteiger charge is -2.12. The van der Waals surface area contributed by atoms with Crippen LogP contribution in [0.15, 0.2) is 121 Å². The molecule has 0 radical (unpaired) electrons. The summed E-state index contributed by atoms with van der Waals surface area (Å²) in [6.07, 6.45) is 0. The van der Waals surface area contributed by atoms with Gasteiger partial charge in [0.15, 0.2) is 0 Å². The van der Waals surface area contributed by atoms with Crippen LogP contribution < -0.4 is 5.32 Å². The predicted octanol–water partition coefficient (Wildman–Crippen LogP) is 7.92. The number of fused-ring (bicyclic) bond motifs is 1. The van der Waals surface area contributed by atoms with Crippen molar-refractivity contribution >= 4 is 22.1 Å². The van der Waals surface area contributed by atoms with Gasteiger partial charge in [0.2, 0.25) is 0 Å². The van der Waals surface area contributed by atoms with E-state index < -0.39 is 0 Å². The molecule has 1 heteroatoms. The van der Waals surface area contributed by atoms with Gasteiger partial charge in [0.1, 0.15) is 0 Å². The molecule has 1 N–H and O–H groups in total. The van der Waals surface area contributed by atoms with Gasteiger partial charge in [0, 0.05) is 16.8 Å². The molecule has 0 heterocycles. The second-order valence-electron chi connectivity index (χ2n) is 7.18. The Bertz CT molecular complexity index is 1250. The Morgan fingerprint density at radius 3 is 1.83 bits per heavy atom. The maximum atomic E-state index is 3.59. The zero-order valence-electron chi connectivity index (χ0n) is 16.0. The molecule has 29 heavy (non-hydrogen) atoms. The highest BCUT2D eigenvalue weighted by Crippen LogP contribution is 2.30. The summed E-state index contributed by atoms with van der Waals surface area (Å²) in [5.74, 6) is 0. The second-order valence-corrected chi connectivity index (χ2v) is 7.18. The Kier molecular flexibility index (Phi) is 4.56. The van der Waals surface area contributed by atoms with Crippen LogP contribution in [-0.2, 0) is 0 Å². The average molecular weight is 371 g/mol. The fraction of sp³-hybridized carbons (Fsp3) is 0. The highest BCUT2D eigenvalue weighted by Gasteiger charge is 2.04. The minimum atomic E-state index is 1.09. The minimum absolute atomic E-state index is 1.09. The summed E-state index contributed by atoms with van der Waals surface area (Å²) in [5, 5.41) is 6.06. The molecule has 0 aromatic heterocycles. The molecule has 0 fully saturated rings. The molecule has 0 aliphatic rings. The van der Waals surface area contributed by atoms with Crippen molar-refractivity contribution in [2.75, 3.05) is 5.32 Å². The van der Waals surface area contributed by atoms with Crippen LogP contribution in [0.5, 0.6) is 0 Å². The third-order valence-corrected chi connectivity index (χ3v) is 5.26. The molecule has 138 valence electrons. The Labute approximate surface area is 171 Å². The van der Waals surface area contributed by atoms with Crippen LogP contribution in [0.4, 0.5) is 11.4 Å². The van der Waals surface area contributed by atoms with E-state index in [1.54, 1.807) is 0 Å². The highest BCUT2D eigenvalue weighted by molar-refractivity contribution is 5.95. The molecule has 0 saturated heterocycles. The molecule has 5 aromatic rings. The lowest BCUT2D eigenvalue weighted by molar-refractivity contribution is 1.55. The highest BCUT2D eigenvalue weighted by atomic mass is 14.9. The quantitative estimate of drug-likeness (QED) is 0.338. The van der Waals surface area contributed by atoms with E-state index in [0.717, 1.165) is 11.4 Å². The molecular formula is C28H21N. The van der Waals surface area contributed by atoms with Crippen molar-refractivity contribution in [1.29, 1.82) is 0 Å². The van der Waals surface area contributed by atoms with E-state index in [0.29, 0.717) is 0 Å². The minimum Gasteiger partial charge on any atom is -0.355 e. The number of hydrogen-bond acceptors (Lipinski definition) is 1. The average Bonchev–Trinajstić information content (AvgIpc) is 2.80. The van der Waals surface area contributed by atoms with E-state index in [-0.39, 0.29) is 0 Å². The molecule has 0 spiro atoms. The number of rotatable bonds is 4. The van der Waals surface area contributed by atoms with Crippen LogP contribution in [-0.4, -0.2) is 0 Å². The normalized spacial score (nSPS) is 10.8. The van der Waals surface area contributed by atoms with E-state index in [1.165, 1.54) is 33.0 Å². The number of benzene rings is 5. The van der Waals surface area contributed by atoms with Crippen LogP contribution in [0.1, 0.15) is 0 Å². The molecule has 0 atom stereocenters. The molecule has 0 aliphatic carbocycles. The smallest absolute Gasteiger partial charge is 0.0463 e. The summed E-state index contributed by atoms with van der Waals surface area (Å²) in [4.78, 5) is 0. The third-order valence-electron chi connectivity index (χ3n) is 5.26. The Morgan fingerprint density at radius 1 is 0.414 bits per heavy atom. The van der Waals surface area contributed by atoms with E-state index in [4.69, 9.17) is 0 Å². The van der Waals surface area contributed by atoms with Gasteiger partial charge in [-0.25, -0.2) is 0 Å². The SMILES string of the molecule is c1ccc(-c2ccc(-c3cccc(Nc4cccc5ccccc45)c3)cc2)cc1. The molecule has 0 saturated carbocycles. The molecule has 0 unspecified atom stereocenters. The summed E-state index contributed by atoms with van der Waals surface area (Å²) < 4.78 is 0. The number of anilines is 2. The van der Waals surface area contributed by atoms with Crippen molar-refractivity contribution in [3.8, 4) is 22.3 Å². The van der Waals surface area contributed by atoms with Gasteiger partial charge in [0.25, 0.3) is 0 Å². The monoisotopic (exact) mass is 371 g/mol. The largest absolute Gasteiger partial charge is 0.355 e. The molecular weight excluding hydrogens is 350 g/mol. The Balaban J connectivity index is 1.44. The fourth-order valence-electron chi connectivity index (χ4n) is 3.75. The summed E-state index contributed by atoms with van der Waals surface area (Å²) >= 11 is 0. The zero-order chi connectivity index (χ0) is 19.5. The van der Waals surface area contributed by atoms with Gasteiger partial charge in [-0.15, -0.1) is 0 Å². The van der Waals surface area contributed by atoms with Gasteiger partial charge in [-0.1, -0.05) is 103 Å². The molecule has 5 rings (SSSR count). The van der Waals surface area contributed by atoms with Crippen molar-refractivity contribution < 1.29 is 0 Å². The Morgan fingerprint density at radius 2 is 1.00 bits per heavy atom. The molecule has 5 aromatic carbocycles. The fourth-order valence-corrected chi connectivity index (χ4v) is 3.75. The van der Waals surface area contributed by atoms with Crippen LogP contribution in [0.25, 0.3) is 33.0 Å². The van der Waals surface area contributed by atoms with Gasteiger partial charge in [-0.05, 0) is 45.8 Å². The van der Waals surface area contributed by atoms with Crippen molar-refractivity contribution in [2.24, 2.45) is 0 Å². The van der Waals surface area contributed by atoms with Crippen LogP contribution in [0.2, 0.25) is 0 Å². The van der Waals surface area contributed by atoms with Crippen molar-refractivity contribution in [1.82, 2.24) is 0 Å². The van der Waals surface area contributed by atoms with Gasteiger partial charge < -0.3 is 5.32 Å². The van der Waals surface area contributed by atoms with E-state index in [2.05, 4.69) is 121 Å². The first-order valence-electron chi connectivity index (χ1n) is 9.87. The number of nitrogens with one attached hydrogen (secondary N) is 1. The lowest BCUT2D eigenvalue weighted by atomic mass is 10.00. The lowest BCUT2D eigenvalue weighted by Crippen LogP contribution is -1.92. The third kappa shape index (κ3) is 3.63. The van der Waals surface area contributed by atoms with Crippen molar-refractivity contribution in [3.05, 3.63) is 121 Å². The van der Waals surface area contributed by atoms with E-state index in [1.807, 2.05) is 6.07 Å². The van der Waals surface area contributed by atoms with Crippen LogP contribution in [0, 0.1) is 0 Å². The molecule has 1 nitrogen and oxygen atoms in total. The van der Waals surface area contributed by atoms with Crippen molar-refractivity contribution in [2.45, 2.75) is 0 Å². The van der Waals surface area contributed by atoms with Gasteiger partial charge >= 0.3 is 0 Å². The van der Waals surface area contributed by atoms with Gasteiger partial charge in [-0.2, -0.15) is 0 Å². The molecule has 0 amide bonds. The van der Waals surface area contributed by atoms with Crippen LogP contribution >= 0.6 is 0 Å². The first-order valence-corrected chi connectivity index (χ1v) is 9.87. The first-order chi connectivity index (χ1) is 14.4. The van der Waals surface area contributed by atoms with E-state index in [9.17, 15) is 0 Å². The van der Waals surface area contributed by atoms with Gasteiger partial charge in [-0.3, -0.25) is 0 Å². The van der Waals surface area contributed by atoms with Crippen molar-refractivity contribution in [3.63, 3.8) is 0 Å².